The molecule has 29 heavy (non-hydrogen) atoms. The SMILES string of the molecule is NC(=O)c1cccnc1OC1CC2(CC(NC(=O)[C@@H]([NH3+])Cc3ccccc3)C2)C1. The molecular formula is C22H27N4O3+. The number of amides is 2. The molecular weight excluding hydrogens is 368 g/mol. The summed E-state index contributed by atoms with van der Waals surface area (Å²) in [5.74, 6) is -0.211. The summed E-state index contributed by atoms with van der Waals surface area (Å²) in [6.45, 7) is 0. The minimum atomic E-state index is -0.535. The molecule has 2 aliphatic rings. The molecule has 1 heterocycles. The predicted octanol–water partition coefficient (Wildman–Crippen LogP) is 0.840. The van der Waals surface area contributed by atoms with Gasteiger partial charge in [-0.25, -0.2) is 4.98 Å². The Morgan fingerprint density at radius 3 is 2.59 bits per heavy atom. The van der Waals surface area contributed by atoms with Crippen molar-refractivity contribution >= 4 is 11.8 Å². The Morgan fingerprint density at radius 1 is 1.17 bits per heavy atom. The second kappa shape index (κ2) is 7.83. The van der Waals surface area contributed by atoms with Crippen molar-refractivity contribution in [2.45, 2.75) is 50.3 Å². The first kappa shape index (κ1) is 19.4. The summed E-state index contributed by atoms with van der Waals surface area (Å²) < 4.78 is 5.89. The highest BCUT2D eigenvalue weighted by Gasteiger charge is 2.54. The van der Waals surface area contributed by atoms with E-state index in [9.17, 15) is 9.59 Å². The Morgan fingerprint density at radius 2 is 1.90 bits per heavy atom. The van der Waals surface area contributed by atoms with Crippen LogP contribution in [-0.2, 0) is 11.2 Å². The van der Waals surface area contributed by atoms with Crippen LogP contribution in [0.15, 0.2) is 48.7 Å². The van der Waals surface area contributed by atoms with Crippen molar-refractivity contribution in [2.24, 2.45) is 11.1 Å². The van der Waals surface area contributed by atoms with Crippen LogP contribution in [0, 0.1) is 5.41 Å². The van der Waals surface area contributed by atoms with Gasteiger partial charge in [-0.1, -0.05) is 30.3 Å². The Balaban J connectivity index is 1.21. The number of pyridine rings is 1. The Hall–Kier alpha value is -2.93. The second-order valence-electron chi connectivity index (χ2n) is 8.37. The maximum Gasteiger partial charge on any atom is 0.278 e. The smallest absolute Gasteiger partial charge is 0.278 e. The molecule has 1 spiro atoms. The summed E-state index contributed by atoms with van der Waals surface area (Å²) in [5, 5.41) is 3.13. The van der Waals surface area contributed by atoms with E-state index in [2.05, 4.69) is 16.0 Å². The Kier molecular flexibility index (Phi) is 5.24. The number of hydrogen-bond donors (Lipinski definition) is 3. The fourth-order valence-electron chi connectivity index (χ4n) is 4.55. The van der Waals surface area contributed by atoms with Crippen LogP contribution in [0.3, 0.4) is 0 Å². The standard InChI is InChI=1S/C22H26N4O3/c23-18(9-14-5-2-1-3-6-14)20(28)26-15-10-22(11-15)12-16(13-22)29-21-17(19(24)27)7-4-8-25-21/h1-8,15-16,18H,9-13,23H2,(H2,24,27)(H,26,28)/p+1/t15?,16?,18-,22?/m0/s1. The molecule has 0 bridgehead atoms. The summed E-state index contributed by atoms with van der Waals surface area (Å²) in [4.78, 5) is 28.0. The third-order valence-corrected chi connectivity index (χ3v) is 6.04. The average Bonchev–Trinajstić information content (AvgIpc) is 2.65. The highest BCUT2D eigenvalue weighted by Crippen LogP contribution is 2.56. The summed E-state index contributed by atoms with van der Waals surface area (Å²) in [6, 6.07) is 13.2. The molecule has 2 fully saturated rings. The van der Waals surface area contributed by atoms with Crippen molar-refractivity contribution in [1.82, 2.24) is 10.3 Å². The van der Waals surface area contributed by atoms with E-state index in [1.165, 1.54) is 0 Å². The van der Waals surface area contributed by atoms with Crippen molar-refractivity contribution in [3.05, 3.63) is 59.8 Å². The van der Waals surface area contributed by atoms with Gasteiger partial charge in [-0.2, -0.15) is 0 Å². The van der Waals surface area contributed by atoms with Crippen LogP contribution >= 0.6 is 0 Å². The van der Waals surface area contributed by atoms with Crippen LogP contribution in [0.5, 0.6) is 5.88 Å². The molecule has 1 aromatic carbocycles. The fourth-order valence-corrected chi connectivity index (χ4v) is 4.55. The number of nitrogens with two attached hydrogens (primary N) is 1. The molecule has 4 rings (SSSR count). The zero-order valence-electron chi connectivity index (χ0n) is 16.3. The molecule has 7 nitrogen and oxygen atoms in total. The van der Waals surface area contributed by atoms with Gasteiger partial charge in [0, 0.05) is 18.7 Å². The van der Waals surface area contributed by atoms with E-state index in [0.29, 0.717) is 17.9 Å². The van der Waals surface area contributed by atoms with Gasteiger partial charge in [-0.05, 0) is 48.8 Å². The van der Waals surface area contributed by atoms with E-state index in [1.54, 1.807) is 18.3 Å². The lowest BCUT2D eigenvalue weighted by molar-refractivity contribution is -0.403. The van der Waals surface area contributed by atoms with Crippen molar-refractivity contribution in [3.8, 4) is 5.88 Å². The third kappa shape index (κ3) is 4.24. The highest BCUT2D eigenvalue weighted by molar-refractivity contribution is 5.94. The molecule has 2 aliphatic carbocycles. The minimum absolute atomic E-state index is 0.0143. The number of hydrogen-bond acceptors (Lipinski definition) is 4. The molecule has 2 aromatic rings. The van der Waals surface area contributed by atoms with Crippen molar-refractivity contribution in [2.75, 3.05) is 0 Å². The number of quaternary nitrogens is 1. The molecule has 0 saturated heterocycles. The molecule has 152 valence electrons. The number of carbonyl (C=O) groups excluding carboxylic acids is 2. The van der Waals surface area contributed by atoms with Gasteiger partial charge in [0.1, 0.15) is 11.7 Å². The maximum absolute atomic E-state index is 12.4. The number of carbonyl (C=O) groups is 2. The molecule has 1 atom stereocenters. The van der Waals surface area contributed by atoms with E-state index in [4.69, 9.17) is 10.5 Å². The zero-order valence-corrected chi connectivity index (χ0v) is 16.3. The molecule has 0 aliphatic heterocycles. The van der Waals surface area contributed by atoms with Gasteiger partial charge in [0.2, 0.25) is 5.88 Å². The quantitative estimate of drug-likeness (QED) is 0.643. The summed E-state index contributed by atoms with van der Waals surface area (Å²) in [6.07, 6.45) is 6.02. The number of nitrogens with zero attached hydrogens (tertiary/aromatic N) is 1. The van der Waals surface area contributed by atoms with Crippen LogP contribution in [0.4, 0.5) is 0 Å². The lowest BCUT2D eigenvalue weighted by atomic mass is 9.53. The van der Waals surface area contributed by atoms with Crippen molar-refractivity contribution < 1.29 is 20.1 Å². The molecule has 1 aromatic heterocycles. The van der Waals surface area contributed by atoms with Gasteiger partial charge >= 0.3 is 0 Å². The Bertz CT molecular complexity index is 888. The molecule has 7 heteroatoms. The normalized spacial score (nSPS) is 26.1. The van der Waals surface area contributed by atoms with Gasteiger partial charge in [0.05, 0.1) is 0 Å². The van der Waals surface area contributed by atoms with Crippen molar-refractivity contribution in [1.29, 1.82) is 0 Å². The molecule has 2 saturated carbocycles. The average molecular weight is 395 g/mol. The van der Waals surface area contributed by atoms with Crippen molar-refractivity contribution in [3.63, 3.8) is 0 Å². The van der Waals surface area contributed by atoms with Gasteiger partial charge < -0.3 is 21.5 Å². The fraction of sp³-hybridized carbons (Fsp3) is 0.409. The summed E-state index contributed by atoms with van der Waals surface area (Å²) in [5.41, 5.74) is 11.1. The maximum atomic E-state index is 12.4. The number of benzene rings is 1. The van der Waals surface area contributed by atoms with Gasteiger partial charge in [0.25, 0.3) is 11.8 Å². The second-order valence-corrected chi connectivity index (χ2v) is 8.37. The minimum Gasteiger partial charge on any atom is -0.474 e. The van der Waals surface area contributed by atoms with E-state index in [1.807, 2.05) is 30.3 Å². The molecule has 6 N–H and O–H groups in total. The van der Waals surface area contributed by atoms with E-state index < -0.39 is 5.91 Å². The number of aromatic nitrogens is 1. The number of primary amides is 1. The van der Waals surface area contributed by atoms with Gasteiger partial charge in [-0.3, -0.25) is 9.59 Å². The first-order chi connectivity index (χ1) is 13.9. The lowest BCUT2D eigenvalue weighted by Crippen LogP contribution is -2.70. The van der Waals surface area contributed by atoms with E-state index in [0.717, 1.165) is 31.2 Å². The van der Waals surface area contributed by atoms with Crippen LogP contribution < -0.4 is 21.5 Å². The van der Waals surface area contributed by atoms with Crippen LogP contribution in [-0.4, -0.2) is 35.0 Å². The molecule has 0 unspecified atom stereocenters. The number of nitrogens with one attached hydrogen (secondary N) is 1. The predicted molar refractivity (Wildman–Crippen MR) is 107 cm³/mol. The largest absolute Gasteiger partial charge is 0.474 e. The van der Waals surface area contributed by atoms with Crippen LogP contribution in [0.25, 0.3) is 0 Å². The Labute approximate surface area is 169 Å². The number of ether oxygens (including phenoxy) is 1. The third-order valence-electron chi connectivity index (χ3n) is 6.04. The highest BCUT2D eigenvalue weighted by atomic mass is 16.5. The van der Waals surface area contributed by atoms with Gasteiger partial charge in [0.15, 0.2) is 6.04 Å². The van der Waals surface area contributed by atoms with E-state index >= 15 is 0 Å². The number of rotatable bonds is 7. The zero-order chi connectivity index (χ0) is 20.4. The first-order valence-corrected chi connectivity index (χ1v) is 10.0. The monoisotopic (exact) mass is 395 g/mol. The lowest BCUT2D eigenvalue weighted by Gasteiger charge is -2.57. The van der Waals surface area contributed by atoms with Crippen LogP contribution in [0.1, 0.15) is 41.6 Å². The van der Waals surface area contributed by atoms with Gasteiger partial charge in [-0.15, -0.1) is 0 Å². The van der Waals surface area contributed by atoms with Crippen LogP contribution in [0.2, 0.25) is 0 Å². The summed E-state index contributed by atoms with van der Waals surface area (Å²) >= 11 is 0. The van der Waals surface area contributed by atoms with E-state index in [-0.39, 0.29) is 29.5 Å². The molecule has 2 amide bonds. The summed E-state index contributed by atoms with van der Waals surface area (Å²) in [7, 11) is 0. The topological polar surface area (TPSA) is 122 Å². The first-order valence-electron chi connectivity index (χ1n) is 10.0. The molecule has 0 radical (unpaired) electrons.